The number of hydrogen-bond donors (Lipinski definition) is 0. The number of benzene rings is 2. The maximum atomic E-state index is 5.90. The lowest BCUT2D eigenvalue weighted by atomic mass is 9.89. The van der Waals surface area contributed by atoms with Crippen LogP contribution in [0.15, 0.2) is 54.6 Å². The fraction of sp³-hybridized carbons (Fsp3) is 0.133. The first-order valence-electron chi connectivity index (χ1n) is 5.48. The summed E-state index contributed by atoms with van der Waals surface area (Å²) in [7, 11) is 0. The van der Waals surface area contributed by atoms with Crippen molar-refractivity contribution in [1.29, 1.82) is 0 Å². The monoisotopic (exact) mass is 229 g/mol. The molecule has 0 aromatic heterocycles. The molecule has 0 atom stereocenters. The molecule has 0 spiro atoms. The molecule has 0 heterocycles. The summed E-state index contributed by atoms with van der Waals surface area (Å²) in [4.78, 5) is 0. The van der Waals surface area contributed by atoms with Crippen LogP contribution in [0.3, 0.4) is 0 Å². The minimum Gasteiger partial charge on any atom is -0.0843 e. The van der Waals surface area contributed by atoms with Gasteiger partial charge in [-0.05, 0) is 29.7 Å². The zero-order valence-electron chi connectivity index (χ0n) is 9.28. The van der Waals surface area contributed by atoms with E-state index in [4.69, 9.17) is 11.6 Å². The molecule has 0 saturated carbocycles. The van der Waals surface area contributed by atoms with Crippen LogP contribution in [0.4, 0.5) is 0 Å². The summed E-state index contributed by atoms with van der Waals surface area (Å²) < 4.78 is 0. The average Bonchev–Trinajstić information content (AvgIpc) is 2.34. The van der Waals surface area contributed by atoms with Gasteiger partial charge in [-0.2, -0.15) is 0 Å². The van der Waals surface area contributed by atoms with Crippen molar-refractivity contribution in [3.8, 4) is 0 Å². The van der Waals surface area contributed by atoms with Gasteiger partial charge in [0.2, 0.25) is 0 Å². The Bertz CT molecular complexity index is 431. The summed E-state index contributed by atoms with van der Waals surface area (Å²) in [5.41, 5.74) is 2.53. The molecule has 0 aliphatic rings. The van der Waals surface area contributed by atoms with E-state index in [2.05, 4.69) is 43.3 Å². The van der Waals surface area contributed by atoms with Crippen LogP contribution in [-0.2, 0) is 0 Å². The Morgan fingerprint density at radius 2 is 1.44 bits per heavy atom. The Labute approximate surface area is 102 Å². The maximum Gasteiger partial charge on any atom is 0.0406 e. The molecule has 0 amide bonds. The molecule has 16 heavy (non-hydrogen) atoms. The van der Waals surface area contributed by atoms with Crippen LogP contribution >= 0.6 is 11.6 Å². The quantitative estimate of drug-likeness (QED) is 0.715. The van der Waals surface area contributed by atoms with Gasteiger partial charge >= 0.3 is 0 Å². The third-order valence-electron chi connectivity index (χ3n) is 2.67. The average molecular weight is 230 g/mol. The van der Waals surface area contributed by atoms with Gasteiger partial charge in [-0.1, -0.05) is 61.0 Å². The van der Waals surface area contributed by atoms with E-state index in [1.54, 1.807) is 0 Å². The van der Waals surface area contributed by atoms with E-state index in [1.165, 1.54) is 17.0 Å². The van der Waals surface area contributed by atoms with Crippen molar-refractivity contribution in [2.45, 2.75) is 13.3 Å². The standard InChI is InChI=1S/C15H14Cl/c1-2-15(12-6-4-3-5-7-12)13-8-10-14(16)11-9-13/h3-11H,2H2,1H3. The van der Waals surface area contributed by atoms with Crippen molar-refractivity contribution in [2.75, 3.05) is 0 Å². The Morgan fingerprint density at radius 1 is 0.875 bits per heavy atom. The van der Waals surface area contributed by atoms with Crippen LogP contribution < -0.4 is 0 Å². The Morgan fingerprint density at radius 3 is 2.00 bits per heavy atom. The molecule has 0 aliphatic carbocycles. The molecule has 0 unspecified atom stereocenters. The summed E-state index contributed by atoms with van der Waals surface area (Å²) in [6, 6.07) is 18.5. The summed E-state index contributed by atoms with van der Waals surface area (Å²) in [5.74, 6) is 1.36. The van der Waals surface area contributed by atoms with E-state index in [1.807, 2.05) is 18.2 Å². The molecule has 81 valence electrons. The second-order valence-corrected chi connectivity index (χ2v) is 4.14. The molecule has 0 aliphatic heterocycles. The molecule has 0 bridgehead atoms. The van der Waals surface area contributed by atoms with Crippen LogP contribution in [0.2, 0.25) is 5.02 Å². The van der Waals surface area contributed by atoms with E-state index < -0.39 is 0 Å². The summed E-state index contributed by atoms with van der Waals surface area (Å²) in [6.07, 6.45) is 1.02. The number of hydrogen-bond acceptors (Lipinski definition) is 0. The second kappa shape index (κ2) is 5.18. The van der Waals surface area contributed by atoms with Gasteiger partial charge in [0.25, 0.3) is 0 Å². The predicted octanol–water partition coefficient (Wildman–Crippen LogP) is 4.72. The van der Waals surface area contributed by atoms with Crippen LogP contribution in [-0.4, -0.2) is 0 Å². The van der Waals surface area contributed by atoms with Crippen molar-refractivity contribution in [3.05, 3.63) is 76.7 Å². The van der Waals surface area contributed by atoms with Crippen LogP contribution in [0.25, 0.3) is 0 Å². The maximum absolute atomic E-state index is 5.90. The van der Waals surface area contributed by atoms with Gasteiger partial charge in [-0.25, -0.2) is 0 Å². The Balaban J connectivity index is 2.33. The van der Waals surface area contributed by atoms with E-state index >= 15 is 0 Å². The fourth-order valence-electron chi connectivity index (χ4n) is 1.87. The first-order valence-corrected chi connectivity index (χ1v) is 5.86. The van der Waals surface area contributed by atoms with Crippen LogP contribution in [0, 0.1) is 5.92 Å². The number of rotatable bonds is 3. The zero-order chi connectivity index (χ0) is 11.4. The largest absolute Gasteiger partial charge is 0.0843 e. The summed E-state index contributed by atoms with van der Waals surface area (Å²) >= 11 is 5.90. The van der Waals surface area contributed by atoms with Gasteiger partial charge in [-0.15, -0.1) is 0 Å². The van der Waals surface area contributed by atoms with E-state index in [0.717, 1.165) is 11.4 Å². The van der Waals surface area contributed by atoms with Gasteiger partial charge in [-0.3, -0.25) is 0 Å². The molecule has 1 radical (unpaired) electrons. The second-order valence-electron chi connectivity index (χ2n) is 3.71. The first kappa shape index (κ1) is 11.2. The van der Waals surface area contributed by atoms with Crippen molar-refractivity contribution < 1.29 is 0 Å². The molecular formula is C15H14Cl. The van der Waals surface area contributed by atoms with Crippen molar-refractivity contribution in [3.63, 3.8) is 0 Å². The lowest BCUT2D eigenvalue weighted by Gasteiger charge is -2.14. The first-order chi connectivity index (χ1) is 7.81. The van der Waals surface area contributed by atoms with Gasteiger partial charge in [0.05, 0.1) is 0 Å². The molecule has 2 aromatic carbocycles. The van der Waals surface area contributed by atoms with Crippen LogP contribution in [0.1, 0.15) is 24.5 Å². The van der Waals surface area contributed by atoms with Gasteiger partial charge in [0, 0.05) is 10.9 Å². The highest BCUT2D eigenvalue weighted by Crippen LogP contribution is 2.27. The minimum atomic E-state index is 0.785. The van der Waals surface area contributed by atoms with Crippen molar-refractivity contribution in [1.82, 2.24) is 0 Å². The smallest absolute Gasteiger partial charge is 0.0406 e. The summed E-state index contributed by atoms with van der Waals surface area (Å²) in [5, 5.41) is 0.785. The highest BCUT2D eigenvalue weighted by atomic mass is 35.5. The normalized spacial score (nSPS) is 10.7. The van der Waals surface area contributed by atoms with Crippen molar-refractivity contribution in [2.24, 2.45) is 0 Å². The van der Waals surface area contributed by atoms with E-state index in [9.17, 15) is 0 Å². The fourth-order valence-corrected chi connectivity index (χ4v) is 1.99. The van der Waals surface area contributed by atoms with Crippen LogP contribution in [0.5, 0.6) is 0 Å². The Hall–Kier alpha value is -1.27. The minimum absolute atomic E-state index is 0.785. The lowest BCUT2D eigenvalue weighted by Crippen LogP contribution is -2.00. The number of halogens is 1. The van der Waals surface area contributed by atoms with Gasteiger partial charge in [0.1, 0.15) is 0 Å². The highest BCUT2D eigenvalue weighted by molar-refractivity contribution is 6.30. The highest BCUT2D eigenvalue weighted by Gasteiger charge is 2.11. The Kier molecular flexibility index (Phi) is 3.63. The van der Waals surface area contributed by atoms with E-state index in [-0.39, 0.29) is 0 Å². The SMILES string of the molecule is CC[C](c1ccccc1)c1ccc(Cl)cc1. The van der Waals surface area contributed by atoms with Gasteiger partial charge < -0.3 is 0 Å². The predicted molar refractivity (Wildman–Crippen MR) is 69.6 cm³/mol. The molecule has 0 fully saturated rings. The molecule has 1 heteroatoms. The molecule has 0 saturated heterocycles. The third kappa shape index (κ3) is 2.45. The zero-order valence-corrected chi connectivity index (χ0v) is 10.0. The lowest BCUT2D eigenvalue weighted by molar-refractivity contribution is 0.990. The molecule has 2 rings (SSSR count). The molecule has 2 aromatic rings. The molecular weight excluding hydrogens is 216 g/mol. The molecule has 0 N–H and O–H groups in total. The topological polar surface area (TPSA) is 0 Å². The summed E-state index contributed by atoms with van der Waals surface area (Å²) in [6.45, 7) is 2.18. The van der Waals surface area contributed by atoms with Crippen molar-refractivity contribution >= 4 is 11.6 Å². The van der Waals surface area contributed by atoms with Gasteiger partial charge in [0.15, 0.2) is 0 Å². The third-order valence-corrected chi connectivity index (χ3v) is 2.92. The molecule has 0 nitrogen and oxygen atoms in total. The van der Waals surface area contributed by atoms with E-state index in [0.29, 0.717) is 0 Å².